The van der Waals surface area contributed by atoms with Crippen LogP contribution in [0.25, 0.3) is 0 Å². The molecule has 21 heavy (non-hydrogen) atoms. The zero-order chi connectivity index (χ0) is 15.3. The van der Waals surface area contributed by atoms with Gasteiger partial charge in [-0.05, 0) is 29.8 Å². The normalized spacial score (nSPS) is 13.0. The Hall–Kier alpha value is -2.01. The van der Waals surface area contributed by atoms with E-state index in [9.17, 15) is 13.2 Å². The average Bonchev–Trinajstić information content (AvgIpc) is 2.47. The highest BCUT2D eigenvalue weighted by atomic mass is 19.4. The van der Waals surface area contributed by atoms with Crippen LogP contribution in [0.1, 0.15) is 23.7 Å². The molecule has 0 aliphatic heterocycles. The topological polar surface area (TPSA) is 29.5 Å². The van der Waals surface area contributed by atoms with Crippen molar-refractivity contribution in [1.82, 2.24) is 0 Å². The van der Waals surface area contributed by atoms with Crippen molar-refractivity contribution in [3.8, 4) is 5.75 Å². The second-order valence-corrected chi connectivity index (χ2v) is 4.55. The molecule has 2 nitrogen and oxygen atoms in total. The summed E-state index contributed by atoms with van der Waals surface area (Å²) in [6, 6.07) is 13.8. The van der Waals surface area contributed by atoms with Crippen LogP contribution in [-0.4, -0.2) is 11.7 Å². The van der Waals surface area contributed by atoms with Crippen LogP contribution in [0.15, 0.2) is 54.6 Å². The van der Waals surface area contributed by atoms with E-state index < -0.39 is 17.8 Å². The van der Waals surface area contributed by atoms with Crippen LogP contribution in [0.3, 0.4) is 0 Å². The van der Waals surface area contributed by atoms with Gasteiger partial charge in [-0.2, -0.15) is 13.2 Å². The summed E-state index contributed by atoms with van der Waals surface area (Å²) in [4.78, 5) is 0. The van der Waals surface area contributed by atoms with Crippen LogP contribution in [-0.2, 0) is 6.18 Å². The van der Waals surface area contributed by atoms with Crippen LogP contribution < -0.4 is 4.74 Å². The molecule has 0 saturated carbocycles. The molecule has 0 fully saturated rings. The molecule has 112 valence electrons. The quantitative estimate of drug-likeness (QED) is 0.895. The molecule has 0 heterocycles. The van der Waals surface area contributed by atoms with Crippen molar-refractivity contribution < 1.29 is 23.0 Å². The predicted octanol–water partition coefficient (Wildman–Crippen LogP) is 4.21. The summed E-state index contributed by atoms with van der Waals surface area (Å²) in [5.74, 6) is 0.338. The minimum atomic E-state index is -4.36. The SMILES string of the molecule is OCC[C@@H](Oc1ccc(C(F)(F)F)cc1)c1ccccc1. The Bertz CT molecular complexity index is 550. The Morgan fingerprint density at radius 3 is 2.10 bits per heavy atom. The van der Waals surface area contributed by atoms with Gasteiger partial charge in [-0.25, -0.2) is 0 Å². The van der Waals surface area contributed by atoms with E-state index in [-0.39, 0.29) is 6.61 Å². The zero-order valence-electron chi connectivity index (χ0n) is 11.2. The third-order valence-corrected chi connectivity index (χ3v) is 3.02. The van der Waals surface area contributed by atoms with Gasteiger partial charge in [-0.1, -0.05) is 30.3 Å². The molecular formula is C16H15F3O2. The van der Waals surface area contributed by atoms with Crippen LogP contribution in [0, 0.1) is 0 Å². The minimum Gasteiger partial charge on any atom is -0.486 e. The first-order valence-electron chi connectivity index (χ1n) is 6.50. The average molecular weight is 296 g/mol. The highest BCUT2D eigenvalue weighted by Gasteiger charge is 2.30. The minimum absolute atomic E-state index is 0.0693. The van der Waals surface area contributed by atoms with Gasteiger partial charge in [-0.3, -0.25) is 0 Å². The number of hydrogen-bond donors (Lipinski definition) is 1. The van der Waals surface area contributed by atoms with Gasteiger partial charge in [0.15, 0.2) is 0 Å². The maximum absolute atomic E-state index is 12.5. The summed E-state index contributed by atoms with van der Waals surface area (Å²) < 4.78 is 43.2. The van der Waals surface area contributed by atoms with Crippen LogP contribution in [0.4, 0.5) is 13.2 Å². The summed E-state index contributed by atoms with van der Waals surface area (Å²) >= 11 is 0. The molecule has 2 aromatic carbocycles. The van der Waals surface area contributed by atoms with Crippen LogP contribution in [0.2, 0.25) is 0 Å². The monoisotopic (exact) mass is 296 g/mol. The molecule has 0 unspecified atom stereocenters. The van der Waals surface area contributed by atoms with Gasteiger partial charge in [0, 0.05) is 13.0 Å². The van der Waals surface area contributed by atoms with E-state index in [1.54, 1.807) is 0 Å². The van der Waals surface area contributed by atoms with E-state index in [0.717, 1.165) is 17.7 Å². The zero-order valence-corrected chi connectivity index (χ0v) is 11.2. The highest BCUT2D eigenvalue weighted by molar-refractivity contribution is 5.30. The molecule has 1 N–H and O–H groups in total. The van der Waals surface area contributed by atoms with Gasteiger partial charge < -0.3 is 9.84 Å². The van der Waals surface area contributed by atoms with E-state index in [1.807, 2.05) is 30.3 Å². The fraction of sp³-hybridized carbons (Fsp3) is 0.250. The number of alkyl halides is 3. The van der Waals surface area contributed by atoms with Gasteiger partial charge >= 0.3 is 6.18 Å². The molecule has 0 aromatic heterocycles. The largest absolute Gasteiger partial charge is 0.486 e. The molecule has 0 spiro atoms. The van der Waals surface area contributed by atoms with Crippen LogP contribution in [0.5, 0.6) is 5.75 Å². The third-order valence-electron chi connectivity index (χ3n) is 3.02. The van der Waals surface area contributed by atoms with E-state index >= 15 is 0 Å². The van der Waals surface area contributed by atoms with E-state index in [0.29, 0.717) is 12.2 Å². The van der Waals surface area contributed by atoms with Crippen molar-refractivity contribution in [2.45, 2.75) is 18.7 Å². The van der Waals surface area contributed by atoms with Crippen molar-refractivity contribution in [3.05, 3.63) is 65.7 Å². The molecule has 0 aliphatic carbocycles. The molecule has 5 heteroatoms. The van der Waals surface area contributed by atoms with Crippen molar-refractivity contribution in [2.75, 3.05) is 6.61 Å². The Kier molecular flexibility index (Phi) is 4.85. The Morgan fingerprint density at radius 2 is 1.57 bits per heavy atom. The number of aliphatic hydroxyl groups excluding tert-OH is 1. The van der Waals surface area contributed by atoms with Crippen LogP contribution >= 0.6 is 0 Å². The molecule has 0 saturated heterocycles. The summed E-state index contributed by atoms with van der Waals surface area (Å²) in [5, 5.41) is 9.10. The number of ether oxygens (including phenoxy) is 1. The summed E-state index contributed by atoms with van der Waals surface area (Å²) in [6.45, 7) is -0.0693. The molecule has 0 radical (unpaired) electrons. The number of benzene rings is 2. The Balaban J connectivity index is 2.14. The highest BCUT2D eigenvalue weighted by Crippen LogP contribution is 2.31. The summed E-state index contributed by atoms with van der Waals surface area (Å²) in [5.41, 5.74) is 0.153. The first-order chi connectivity index (χ1) is 10.0. The lowest BCUT2D eigenvalue weighted by Crippen LogP contribution is -2.10. The first-order valence-corrected chi connectivity index (χ1v) is 6.50. The van der Waals surface area contributed by atoms with Gasteiger partial charge in [0.1, 0.15) is 11.9 Å². The molecule has 0 bridgehead atoms. The summed E-state index contributed by atoms with van der Waals surface area (Å²) in [7, 11) is 0. The molecule has 2 rings (SSSR count). The Morgan fingerprint density at radius 1 is 0.952 bits per heavy atom. The second kappa shape index (κ2) is 6.63. The molecule has 0 aliphatic rings. The maximum atomic E-state index is 12.5. The lowest BCUT2D eigenvalue weighted by molar-refractivity contribution is -0.137. The molecule has 0 amide bonds. The smallest absolute Gasteiger partial charge is 0.416 e. The number of rotatable bonds is 5. The van der Waals surface area contributed by atoms with Gasteiger partial charge in [0.25, 0.3) is 0 Å². The maximum Gasteiger partial charge on any atom is 0.416 e. The predicted molar refractivity (Wildman–Crippen MR) is 73.0 cm³/mol. The van der Waals surface area contributed by atoms with Crippen molar-refractivity contribution in [2.24, 2.45) is 0 Å². The van der Waals surface area contributed by atoms with E-state index in [4.69, 9.17) is 9.84 Å². The Labute approximate surface area is 120 Å². The summed E-state index contributed by atoms with van der Waals surface area (Å²) in [6.07, 6.45) is -4.39. The second-order valence-electron chi connectivity index (χ2n) is 4.55. The number of halogens is 3. The fourth-order valence-corrected chi connectivity index (χ4v) is 1.97. The van der Waals surface area contributed by atoms with Gasteiger partial charge in [0.2, 0.25) is 0 Å². The number of aliphatic hydroxyl groups is 1. The lowest BCUT2D eigenvalue weighted by atomic mass is 10.1. The van der Waals surface area contributed by atoms with Crippen molar-refractivity contribution in [3.63, 3.8) is 0 Å². The standard InChI is InChI=1S/C16H15F3O2/c17-16(18,19)13-6-8-14(9-7-13)21-15(10-11-20)12-4-2-1-3-5-12/h1-9,15,20H,10-11H2/t15-/m1/s1. The molecular weight excluding hydrogens is 281 g/mol. The number of hydrogen-bond acceptors (Lipinski definition) is 2. The lowest BCUT2D eigenvalue weighted by Gasteiger charge is -2.19. The van der Waals surface area contributed by atoms with E-state index in [1.165, 1.54) is 12.1 Å². The first kappa shape index (κ1) is 15.4. The third kappa shape index (κ3) is 4.23. The van der Waals surface area contributed by atoms with Gasteiger partial charge in [0.05, 0.1) is 5.56 Å². The van der Waals surface area contributed by atoms with E-state index in [2.05, 4.69) is 0 Å². The fourth-order valence-electron chi connectivity index (χ4n) is 1.97. The molecule has 1 atom stereocenters. The van der Waals surface area contributed by atoms with Gasteiger partial charge in [-0.15, -0.1) is 0 Å². The molecule has 2 aromatic rings. The van der Waals surface area contributed by atoms with Crippen molar-refractivity contribution >= 4 is 0 Å². The van der Waals surface area contributed by atoms with Crippen molar-refractivity contribution in [1.29, 1.82) is 0 Å².